The minimum Gasteiger partial charge on any atom is -0.381 e. The maximum atomic E-state index is 13.6. The normalized spacial score (nSPS) is 23.8. The average molecular weight is 436 g/mol. The van der Waals surface area contributed by atoms with Crippen molar-refractivity contribution in [1.82, 2.24) is 9.97 Å². The van der Waals surface area contributed by atoms with E-state index < -0.39 is 6.17 Å². The monoisotopic (exact) mass is 435 g/mol. The van der Waals surface area contributed by atoms with Crippen LogP contribution >= 0.6 is 11.8 Å². The molecular formula is C19H23F2N7OS. The topological polar surface area (TPSA) is 114 Å². The van der Waals surface area contributed by atoms with Gasteiger partial charge >= 0.3 is 6.17 Å². The van der Waals surface area contributed by atoms with E-state index in [1.165, 1.54) is 11.8 Å². The SMILES string of the molecule is Nc1nc(N2CCC3(CC2)COC[C@H]3N)cnc1Sc1cccc2c1NC(F)(F)N2. The first kappa shape index (κ1) is 19.6. The summed E-state index contributed by atoms with van der Waals surface area (Å²) in [6.07, 6.45) is 0.383. The van der Waals surface area contributed by atoms with E-state index in [0.29, 0.717) is 33.7 Å². The van der Waals surface area contributed by atoms with Crippen molar-refractivity contribution < 1.29 is 13.5 Å². The van der Waals surface area contributed by atoms with Crippen molar-refractivity contribution in [1.29, 1.82) is 0 Å². The molecule has 30 heavy (non-hydrogen) atoms. The highest BCUT2D eigenvalue weighted by Crippen LogP contribution is 2.45. The highest BCUT2D eigenvalue weighted by Gasteiger charge is 2.44. The number of ether oxygens (including phenoxy) is 1. The van der Waals surface area contributed by atoms with E-state index in [1.807, 2.05) is 0 Å². The molecule has 0 saturated carbocycles. The zero-order chi connectivity index (χ0) is 20.9. The van der Waals surface area contributed by atoms with Gasteiger partial charge in [0.2, 0.25) is 0 Å². The number of fused-ring (bicyclic) bond motifs is 1. The number of hydrogen-bond donors (Lipinski definition) is 4. The summed E-state index contributed by atoms with van der Waals surface area (Å²) in [5.41, 5.74) is 13.1. The Kier molecular flexibility index (Phi) is 4.64. The van der Waals surface area contributed by atoms with Crippen LogP contribution in [-0.4, -0.2) is 48.5 Å². The van der Waals surface area contributed by atoms with Crippen LogP contribution in [0.1, 0.15) is 12.8 Å². The van der Waals surface area contributed by atoms with Crippen LogP contribution in [-0.2, 0) is 4.74 Å². The predicted molar refractivity (Wildman–Crippen MR) is 112 cm³/mol. The van der Waals surface area contributed by atoms with E-state index in [4.69, 9.17) is 16.2 Å². The minimum absolute atomic E-state index is 0.0576. The number of halogens is 2. The van der Waals surface area contributed by atoms with Crippen LogP contribution in [0.5, 0.6) is 0 Å². The van der Waals surface area contributed by atoms with Gasteiger partial charge in [0.15, 0.2) is 5.82 Å². The van der Waals surface area contributed by atoms with Gasteiger partial charge in [-0.25, -0.2) is 9.97 Å². The first-order chi connectivity index (χ1) is 14.4. The van der Waals surface area contributed by atoms with Gasteiger partial charge in [0.1, 0.15) is 10.8 Å². The maximum absolute atomic E-state index is 13.6. The number of anilines is 4. The summed E-state index contributed by atoms with van der Waals surface area (Å²) in [6.45, 7) is 2.97. The maximum Gasteiger partial charge on any atom is 0.409 e. The Bertz CT molecular complexity index is 968. The number of nitrogens with zero attached hydrogens (tertiary/aromatic N) is 3. The van der Waals surface area contributed by atoms with E-state index in [9.17, 15) is 8.78 Å². The van der Waals surface area contributed by atoms with Crippen molar-refractivity contribution in [3.05, 3.63) is 24.4 Å². The summed E-state index contributed by atoms with van der Waals surface area (Å²) in [7, 11) is 0. The molecule has 2 aromatic rings. The van der Waals surface area contributed by atoms with Crippen molar-refractivity contribution in [2.45, 2.75) is 35.0 Å². The minimum atomic E-state index is -3.18. The fraction of sp³-hybridized carbons (Fsp3) is 0.474. The van der Waals surface area contributed by atoms with Gasteiger partial charge in [-0.1, -0.05) is 17.8 Å². The Morgan fingerprint density at radius 3 is 2.73 bits per heavy atom. The fourth-order valence-electron chi connectivity index (χ4n) is 4.29. The predicted octanol–water partition coefficient (Wildman–Crippen LogP) is 2.54. The summed E-state index contributed by atoms with van der Waals surface area (Å²) in [5, 5.41) is 4.81. The number of rotatable bonds is 3. The van der Waals surface area contributed by atoms with Crippen molar-refractivity contribution in [3.63, 3.8) is 0 Å². The molecular weight excluding hydrogens is 412 g/mol. The third kappa shape index (κ3) is 3.40. The van der Waals surface area contributed by atoms with Crippen molar-refractivity contribution in [2.75, 3.05) is 47.6 Å². The second-order valence-electron chi connectivity index (χ2n) is 7.99. The van der Waals surface area contributed by atoms with E-state index in [1.54, 1.807) is 24.4 Å². The van der Waals surface area contributed by atoms with E-state index in [2.05, 4.69) is 25.5 Å². The van der Waals surface area contributed by atoms with E-state index in [0.717, 1.165) is 32.5 Å². The van der Waals surface area contributed by atoms with E-state index in [-0.39, 0.29) is 17.3 Å². The molecule has 2 fully saturated rings. The molecule has 4 heterocycles. The zero-order valence-electron chi connectivity index (χ0n) is 16.2. The molecule has 0 amide bonds. The van der Waals surface area contributed by atoms with Gasteiger partial charge in [-0.3, -0.25) is 0 Å². The number of aromatic nitrogens is 2. The molecule has 0 aliphatic carbocycles. The van der Waals surface area contributed by atoms with Gasteiger partial charge in [-0.05, 0) is 25.0 Å². The molecule has 0 bridgehead atoms. The molecule has 8 nitrogen and oxygen atoms in total. The Hall–Kier alpha value is -2.37. The molecule has 1 spiro atoms. The summed E-state index contributed by atoms with van der Waals surface area (Å²) in [6, 6.07) is 5.12. The second kappa shape index (κ2) is 7.10. The van der Waals surface area contributed by atoms with Gasteiger partial charge in [-0.2, -0.15) is 8.78 Å². The molecule has 160 valence electrons. The van der Waals surface area contributed by atoms with Crippen molar-refractivity contribution in [3.8, 4) is 0 Å². The van der Waals surface area contributed by atoms with Gasteiger partial charge in [0.25, 0.3) is 0 Å². The van der Waals surface area contributed by atoms with Gasteiger partial charge in [0.05, 0.1) is 30.8 Å². The Morgan fingerprint density at radius 1 is 1.23 bits per heavy atom. The molecule has 5 rings (SSSR count). The number of para-hydroxylation sites is 1. The molecule has 0 radical (unpaired) electrons. The van der Waals surface area contributed by atoms with Crippen LogP contribution in [0.25, 0.3) is 0 Å². The number of nitrogens with one attached hydrogen (secondary N) is 2. The molecule has 3 aliphatic heterocycles. The standard InChI is InChI=1S/C19H23F2N7OS/c20-19(21)26-11-2-1-3-12(15(11)27-19)30-17-16(23)25-14(8-24-17)28-6-4-18(5-7-28)10-29-9-13(18)22/h1-3,8,13,26-27H,4-7,9-10,22H2,(H2,23,25)/t13-/m1/s1. The molecule has 2 saturated heterocycles. The zero-order valence-corrected chi connectivity index (χ0v) is 17.0. The highest BCUT2D eigenvalue weighted by molar-refractivity contribution is 7.99. The molecule has 1 aromatic heterocycles. The molecule has 3 aliphatic rings. The molecule has 11 heteroatoms. The smallest absolute Gasteiger partial charge is 0.381 e. The van der Waals surface area contributed by atoms with Crippen LogP contribution in [0.2, 0.25) is 0 Å². The first-order valence-electron chi connectivity index (χ1n) is 9.81. The molecule has 0 unspecified atom stereocenters. The summed E-state index contributed by atoms with van der Waals surface area (Å²) in [4.78, 5) is 11.7. The van der Waals surface area contributed by atoms with Gasteiger partial charge < -0.3 is 31.7 Å². The van der Waals surface area contributed by atoms with Crippen LogP contribution in [0.4, 0.5) is 31.8 Å². The van der Waals surface area contributed by atoms with Crippen LogP contribution in [0.3, 0.4) is 0 Å². The third-order valence-electron chi connectivity index (χ3n) is 6.11. The Balaban J connectivity index is 1.31. The Morgan fingerprint density at radius 2 is 2.03 bits per heavy atom. The summed E-state index contributed by atoms with van der Waals surface area (Å²) < 4.78 is 32.8. The molecule has 6 N–H and O–H groups in total. The number of nitrogens with two attached hydrogens (primary N) is 2. The highest BCUT2D eigenvalue weighted by atomic mass is 32.2. The number of hydrogen-bond acceptors (Lipinski definition) is 9. The quantitative estimate of drug-likeness (QED) is 0.540. The molecule has 1 aromatic carbocycles. The van der Waals surface area contributed by atoms with Gasteiger partial charge in [-0.15, -0.1) is 0 Å². The third-order valence-corrected chi connectivity index (χ3v) is 7.18. The number of nitrogen functional groups attached to an aromatic ring is 1. The van der Waals surface area contributed by atoms with Crippen molar-refractivity contribution in [2.24, 2.45) is 11.1 Å². The Labute approximate surface area is 176 Å². The lowest BCUT2D eigenvalue weighted by Crippen LogP contribution is -2.49. The summed E-state index contributed by atoms with van der Waals surface area (Å²) >= 11 is 1.21. The lowest BCUT2D eigenvalue weighted by Gasteiger charge is -2.41. The number of piperidine rings is 1. The van der Waals surface area contributed by atoms with Crippen molar-refractivity contribution >= 4 is 34.8 Å². The van der Waals surface area contributed by atoms with Gasteiger partial charge in [0, 0.05) is 29.4 Å². The molecule has 1 atom stereocenters. The number of benzene rings is 1. The van der Waals surface area contributed by atoms with E-state index >= 15 is 0 Å². The largest absolute Gasteiger partial charge is 0.409 e. The van der Waals surface area contributed by atoms with Crippen LogP contribution in [0, 0.1) is 5.41 Å². The number of alkyl halides is 2. The lowest BCUT2D eigenvalue weighted by atomic mass is 9.75. The average Bonchev–Trinajstić information content (AvgIpc) is 3.23. The van der Waals surface area contributed by atoms with Crippen LogP contribution in [0.15, 0.2) is 34.3 Å². The summed E-state index contributed by atoms with van der Waals surface area (Å²) in [5.74, 6) is 0.984. The first-order valence-corrected chi connectivity index (χ1v) is 10.6. The second-order valence-corrected chi connectivity index (χ2v) is 9.03. The fourth-order valence-corrected chi connectivity index (χ4v) is 5.17. The lowest BCUT2D eigenvalue weighted by molar-refractivity contribution is 0.0703. The van der Waals surface area contributed by atoms with Crippen LogP contribution < -0.4 is 27.0 Å².